The second-order valence-corrected chi connectivity index (χ2v) is 7.13. The summed E-state index contributed by atoms with van der Waals surface area (Å²) < 4.78 is 26.5. The van der Waals surface area contributed by atoms with Gasteiger partial charge in [0.15, 0.2) is 0 Å². The first-order valence-corrected chi connectivity index (χ1v) is 8.56. The van der Waals surface area contributed by atoms with Crippen molar-refractivity contribution in [1.29, 1.82) is 0 Å². The monoisotopic (exact) mass is 286 g/mol. The van der Waals surface area contributed by atoms with E-state index in [0.29, 0.717) is 18.0 Å². The summed E-state index contributed by atoms with van der Waals surface area (Å²) in [7, 11) is -1.46. The average Bonchev–Trinajstić information content (AvgIpc) is 2.88. The Bertz CT molecular complexity index is 517. The summed E-state index contributed by atoms with van der Waals surface area (Å²) in [5, 5.41) is 3.13. The van der Waals surface area contributed by atoms with E-state index in [4.69, 9.17) is 0 Å². The molecule has 1 saturated heterocycles. The van der Waals surface area contributed by atoms with Crippen LogP contribution in [0.3, 0.4) is 0 Å². The summed E-state index contributed by atoms with van der Waals surface area (Å²) in [4.78, 5) is 1.37. The largest absolute Gasteiger partial charge is 0.316 e. The van der Waals surface area contributed by atoms with Gasteiger partial charge in [-0.2, -0.15) is 4.31 Å². The lowest BCUT2D eigenvalue weighted by molar-refractivity contribution is 0.464. The second-order valence-electron chi connectivity index (χ2n) is 4.32. The van der Waals surface area contributed by atoms with Crippen molar-refractivity contribution in [1.82, 2.24) is 9.62 Å². The molecular weight excluding hydrogens is 268 g/mol. The highest BCUT2D eigenvalue weighted by atomic mass is 32.2. The molecule has 1 N–H and O–H groups in total. The summed E-state index contributed by atoms with van der Waals surface area (Å²) >= 11 is 1.55. The van der Waals surface area contributed by atoms with Crippen molar-refractivity contribution in [3.05, 3.63) is 24.3 Å². The van der Waals surface area contributed by atoms with Crippen LogP contribution in [-0.4, -0.2) is 45.2 Å². The van der Waals surface area contributed by atoms with Crippen molar-refractivity contribution in [3.8, 4) is 0 Å². The number of sulfonamides is 1. The fraction of sp³-hybridized carbons (Fsp3) is 0.500. The number of benzene rings is 1. The summed E-state index contributed by atoms with van der Waals surface area (Å²) in [6, 6.07) is 7.39. The SMILES string of the molecule is CNC1CCN(S(=O)(=O)c2cccc(SC)c2)C1. The van der Waals surface area contributed by atoms with Gasteiger partial charge in [-0.15, -0.1) is 11.8 Å². The summed E-state index contributed by atoms with van der Waals surface area (Å²) in [6.45, 7) is 1.15. The molecule has 1 aliphatic heterocycles. The van der Waals surface area contributed by atoms with Crippen LogP contribution < -0.4 is 5.32 Å². The molecule has 100 valence electrons. The molecule has 0 aliphatic carbocycles. The van der Waals surface area contributed by atoms with Gasteiger partial charge in [-0.05, 0) is 37.9 Å². The standard InChI is InChI=1S/C12H18N2O2S2/c1-13-10-6-7-14(9-10)18(15,16)12-5-3-4-11(8-12)17-2/h3-5,8,10,13H,6-7,9H2,1-2H3. The molecule has 1 aromatic carbocycles. The third-order valence-corrected chi connectivity index (χ3v) is 5.82. The Morgan fingerprint density at radius 3 is 2.83 bits per heavy atom. The van der Waals surface area contributed by atoms with Crippen LogP contribution in [0.4, 0.5) is 0 Å². The highest BCUT2D eigenvalue weighted by molar-refractivity contribution is 7.98. The zero-order valence-corrected chi connectivity index (χ0v) is 12.2. The van der Waals surface area contributed by atoms with Gasteiger partial charge in [0.1, 0.15) is 0 Å². The highest BCUT2D eigenvalue weighted by Crippen LogP contribution is 2.24. The zero-order valence-electron chi connectivity index (χ0n) is 10.6. The van der Waals surface area contributed by atoms with E-state index in [9.17, 15) is 8.42 Å². The maximum absolute atomic E-state index is 12.5. The molecule has 2 rings (SSSR count). The van der Waals surface area contributed by atoms with E-state index in [1.54, 1.807) is 34.3 Å². The number of rotatable bonds is 4. The number of hydrogen-bond donors (Lipinski definition) is 1. The highest BCUT2D eigenvalue weighted by Gasteiger charge is 2.31. The van der Waals surface area contributed by atoms with Crippen LogP contribution in [0, 0.1) is 0 Å². The van der Waals surface area contributed by atoms with Crippen molar-refractivity contribution < 1.29 is 8.42 Å². The topological polar surface area (TPSA) is 49.4 Å². The van der Waals surface area contributed by atoms with E-state index in [-0.39, 0.29) is 6.04 Å². The smallest absolute Gasteiger partial charge is 0.243 e. The molecule has 1 unspecified atom stereocenters. The van der Waals surface area contributed by atoms with E-state index in [0.717, 1.165) is 11.3 Å². The Labute approximate surface area is 113 Å². The molecule has 0 spiro atoms. The number of likely N-dealkylation sites (N-methyl/N-ethyl adjacent to an activating group) is 1. The lowest BCUT2D eigenvalue weighted by Gasteiger charge is -2.16. The van der Waals surface area contributed by atoms with Crippen LogP contribution in [-0.2, 0) is 10.0 Å². The molecule has 0 amide bonds. The molecule has 6 heteroatoms. The molecule has 1 aliphatic rings. The summed E-state index contributed by atoms with van der Waals surface area (Å²) in [5.74, 6) is 0. The molecule has 1 fully saturated rings. The van der Waals surface area contributed by atoms with E-state index in [2.05, 4.69) is 5.32 Å². The molecule has 4 nitrogen and oxygen atoms in total. The fourth-order valence-electron chi connectivity index (χ4n) is 2.09. The van der Waals surface area contributed by atoms with Crippen molar-refractivity contribution >= 4 is 21.8 Å². The van der Waals surface area contributed by atoms with Crippen molar-refractivity contribution in [2.75, 3.05) is 26.4 Å². The third kappa shape index (κ3) is 2.71. The van der Waals surface area contributed by atoms with Crippen LogP contribution in [0.1, 0.15) is 6.42 Å². The lowest BCUT2D eigenvalue weighted by atomic mass is 10.3. The van der Waals surface area contributed by atoms with E-state index < -0.39 is 10.0 Å². The van der Waals surface area contributed by atoms with Crippen LogP contribution in [0.25, 0.3) is 0 Å². The van der Waals surface area contributed by atoms with Gasteiger partial charge < -0.3 is 5.32 Å². The first kappa shape index (κ1) is 13.9. The Hall–Kier alpha value is -0.560. The average molecular weight is 286 g/mol. The Morgan fingerprint density at radius 2 is 2.22 bits per heavy atom. The molecule has 0 saturated carbocycles. The molecule has 0 aromatic heterocycles. The van der Waals surface area contributed by atoms with Gasteiger partial charge in [0.2, 0.25) is 10.0 Å². The van der Waals surface area contributed by atoms with E-state index >= 15 is 0 Å². The van der Waals surface area contributed by atoms with E-state index in [1.165, 1.54) is 0 Å². The lowest BCUT2D eigenvalue weighted by Crippen LogP contribution is -2.33. The summed E-state index contributed by atoms with van der Waals surface area (Å²) in [6.07, 6.45) is 2.82. The molecule has 1 heterocycles. The Kier molecular flexibility index (Phi) is 4.32. The normalized spacial score (nSPS) is 21.3. The molecule has 0 radical (unpaired) electrons. The molecule has 18 heavy (non-hydrogen) atoms. The predicted molar refractivity (Wildman–Crippen MR) is 74.4 cm³/mol. The predicted octanol–water partition coefficient (Wildman–Crippen LogP) is 1.39. The van der Waals surface area contributed by atoms with Gasteiger partial charge >= 0.3 is 0 Å². The van der Waals surface area contributed by atoms with Crippen LogP contribution in [0.15, 0.2) is 34.1 Å². The van der Waals surface area contributed by atoms with Crippen molar-refractivity contribution in [2.24, 2.45) is 0 Å². The molecular formula is C12H18N2O2S2. The minimum atomic E-state index is -3.33. The van der Waals surface area contributed by atoms with Crippen LogP contribution in [0.5, 0.6) is 0 Å². The maximum Gasteiger partial charge on any atom is 0.243 e. The fourth-order valence-corrected chi connectivity index (χ4v) is 4.17. The summed E-state index contributed by atoms with van der Waals surface area (Å²) in [5.41, 5.74) is 0. The first-order chi connectivity index (χ1) is 8.57. The van der Waals surface area contributed by atoms with Gasteiger partial charge in [-0.3, -0.25) is 0 Å². The van der Waals surface area contributed by atoms with Gasteiger partial charge in [0, 0.05) is 24.0 Å². The quantitative estimate of drug-likeness (QED) is 0.850. The zero-order chi connectivity index (χ0) is 13.2. The molecule has 1 aromatic rings. The number of hydrogen-bond acceptors (Lipinski definition) is 4. The van der Waals surface area contributed by atoms with Crippen molar-refractivity contribution in [2.45, 2.75) is 22.3 Å². The number of nitrogens with one attached hydrogen (secondary N) is 1. The first-order valence-electron chi connectivity index (χ1n) is 5.89. The third-order valence-electron chi connectivity index (χ3n) is 3.24. The van der Waals surface area contributed by atoms with Gasteiger partial charge in [-0.1, -0.05) is 6.07 Å². The number of nitrogens with zero attached hydrogens (tertiary/aromatic N) is 1. The Balaban J connectivity index is 2.25. The van der Waals surface area contributed by atoms with Gasteiger partial charge in [0.25, 0.3) is 0 Å². The maximum atomic E-state index is 12.5. The van der Waals surface area contributed by atoms with Crippen molar-refractivity contribution in [3.63, 3.8) is 0 Å². The van der Waals surface area contributed by atoms with Crippen LogP contribution in [0.2, 0.25) is 0 Å². The minimum Gasteiger partial charge on any atom is -0.316 e. The Morgan fingerprint density at radius 1 is 1.44 bits per heavy atom. The number of thioether (sulfide) groups is 1. The second kappa shape index (κ2) is 5.61. The van der Waals surface area contributed by atoms with Gasteiger partial charge in [-0.25, -0.2) is 8.42 Å². The minimum absolute atomic E-state index is 0.267. The van der Waals surface area contributed by atoms with Crippen LogP contribution >= 0.6 is 11.8 Å². The van der Waals surface area contributed by atoms with E-state index in [1.807, 2.05) is 19.4 Å². The molecule has 1 atom stereocenters. The molecule has 0 bridgehead atoms. The van der Waals surface area contributed by atoms with Gasteiger partial charge in [0.05, 0.1) is 4.90 Å².